The fraction of sp³-hybridized carbons (Fsp3) is 0.500. The number of carbonyl (C=O) groups is 1. The fourth-order valence-corrected chi connectivity index (χ4v) is 3.28. The molecule has 2 bridgehead atoms. The van der Waals surface area contributed by atoms with Gasteiger partial charge in [0.1, 0.15) is 0 Å². The Bertz CT molecular complexity index is 512. The molecule has 1 heterocycles. The number of rotatable bonds is 2. The van der Waals surface area contributed by atoms with Crippen molar-refractivity contribution in [2.75, 3.05) is 6.54 Å². The van der Waals surface area contributed by atoms with E-state index in [1.54, 1.807) is 12.1 Å². The number of benzene rings is 1. The average molecular weight is 260 g/mol. The monoisotopic (exact) mass is 260 g/mol. The summed E-state index contributed by atoms with van der Waals surface area (Å²) in [6.45, 7) is 0.848. The van der Waals surface area contributed by atoms with E-state index in [9.17, 15) is 14.9 Å². The molecule has 0 spiro atoms. The number of non-ortho nitro benzene ring substituents is 1. The second-order valence-corrected chi connectivity index (χ2v) is 5.45. The quantitative estimate of drug-likeness (QED) is 0.606. The number of nitro groups is 1. The lowest BCUT2D eigenvalue weighted by atomic mass is 9.90. The molecule has 3 rings (SSSR count). The number of nitrogens with zero attached hydrogens (tertiary/aromatic N) is 2. The van der Waals surface area contributed by atoms with Gasteiger partial charge in [-0.15, -0.1) is 0 Å². The Hall–Kier alpha value is -1.91. The highest BCUT2D eigenvalue weighted by Gasteiger charge is 2.37. The first-order chi connectivity index (χ1) is 9.15. The molecule has 100 valence electrons. The van der Waals surface area contributed by atoms with Crippen LogP contribution in [0.15, 0.2) is 24.3 Å². The normalized spacial score (nSPS) is 25.4. The molecule has 5 heteroatoms. The Balaban J connectivity index is 1.78. The molecule has 2 atom stereocenters. The van der Waals surface area contributed by atoms with E-state index in [4.69, 9.17) is 0 Å². The van der Waals surface area contributed by atoms with Gasteiger partial charge in [0.25, 0.3) is 11.6 Å². The van der Waals surface area contributed by atoms with Crippen LogP contribution in [0.4, 0.5) is 5.69 Å². The summed E-state index contributed by atoms with van der Waals surface area (Å²) in [4.78, 5) is 24.5. The SMILES string of the molecule is O=C(c1ccc([N+](=O)[O-])cc1)N1CC2CCCC1C2. The third-order valence-electron chi connectivity index (χ3n) is 4.24. The lowest BCUT2D eigenvalue weighted by molar-refractivity contribution is -0.384. The Morgan fingerprint density at radius 1 is 1.26 bits per heavy atom. The minimum absolute atomic E-state index is 0.0179. The third-order valence-corrected chi connectivity index (χ3v) is 4.24. The van der Waals surface area contributed by atoms with Crippen LogP contribution in [0, 0.1) is 16.0 Å². The number of hydrogen-bond donors (Lipinski definition) is 0. The Morgan fingerprint density at radius 3 is 2.63 bits per heavy atom. The molecule has 1 aromatic carbocycles. The minimum Gasteiger partial charge on any atom is -0.335 e. The van der Waals surface area contributed by atoms with Gasteiger partial charge >= 0.3 is 0 Å². The molecular formula is C14H16N2O3. The molecule has 0 radical (unpaired) electrons. The predicted octanol–water partition coefficient (Wildman–Crippen LogP) is 2.61. The highest BCUT2D eigenvalue weighted by molar-refractivity contribution is 5.94. The van der Waals surface area contributed by atoms with Crippen molar-refractivity contribution in [3.63, 3.8) is 0 Å². The Kier molecular flexibility index (Phi) is 2.97. The summed E-state index contributed by atoms with van der Waals surface area (Å²) < 4.78 is 0. The van der Waals surface area contributed by atoms with Crippen LogP contribution in [0.25, 0.3) is 0 Å². The second-order valence-electron chi connectivity index (χ2n) is 5.45. The van der Waals surface area contributed by atoms with Crippen LogP contribution in [-0.2, 0) is 0 Å². The van der Waals surface area contributed by atoms with Crippen molar-refractivity contribution >= 4 is 11.6 Å². The van der Waals surface area contributed by atoms with Gasteiger partial charge in [0.15, 0.2) is 0 Å². The van der Waals surface area contributed by atoms with Crippen LogP contribution in [0.5, 0.6) is 0 Å². The van der Waals surface area contributed by atoms with Crippen molar-refractivity contribution in [2.45, 2.75) is 31.7 Å². The van der Waals surface area contributed by atoms with E-state index in [2.05, 4.69) is 0 Å². The zero-order valence-corrected chi connectivity index (χ0v) is 10.6. The molecular weight excluding hydrogens is 244 g/mol. The molecule has 5 nitrogen and oxygen atoms in total. The molecule has 0 aromatic heterocycles. The maximum atomic E-state index is 12.4. The smallest absolute Gasteiger partial charge is 0.269 e. The zero-order valence-electron chi connectivity index (χ0n) is 10.6. The van der Waals surface area contributed by atoms with Crippen molar-refractivity contribution in [1.82, 2.24) is 4.90 Å². The van der Waals surface area contributed by atoms with E-state index in [1.807, 2.05) is 4.90 Å². The third kappa shape index (κ3) is 2.20. The predicted molar refractivity (Wildman–Crippen MR) is 69.9 cm³/mol. The van der Waals surface area contributed by atoms with Crippen molar-refractivity contribution in [1.29, 1.82) is 0 Å². The summed E-state index contributed by atoms with van der Waals surface area (Å²) in [5.74, 6) is 0.671. The number of amides is 1. The van der Waals surface area contributed by atoms with Gasteiger partial charge in [0.05, 0.1) is 4.92 Å². The highest BCUT2D eigenvalue weighted by Crippen LogP contribution is 2.36. The van der Waals surface area contributed by atoms with Crippen molar-refractivity contribution in [3.05, 3.63) is 39.9 Å². The first kappa shape index (κ1) is 12.1. The van der Waals surface area contributed by atoms with Gasteiger partial charge in [0.2, 0.25) is 0 Å². The van der Waals surface area contributed by atoms with Gasteiger partial charge in [-0.25, -0.2) is 0 Å². The van der Waals surface area contributed by atoms with Crippen LogP contribution in [0.1, 0.15) is 36.0 Å². The van der Waals surface area contributed by atoms with E-state index in [-0.39, 0.29) is 11.6 Å². The van der Waals surface area contributed by atoms with E-state index in [0.29, 0.717) is 17.5 Å². The molecule has 1 saturated carbocycles. The van der Waals surface area contributed by atoms with Gasteiger partial charge < -0.3 is 4.90 Å². The molecule has 1 aliphatic heterocycles. The van der Waals surface area contributed by atoms with Gasteiger partial charge in [-0.1, -0.05) is 6.42 Å². The van der Waals surface area contributed by atoms with Crippen LogP contribution in [0.3, 0.4) is 0 Å². The summed E-state index contributed by atoms with van der Waals surface area (Å²) >= 11 is 0. The fourth-order valence-electron chi connectivity index (χ4n) is 3.28. The van der Waals surface area contributed by atoms with Gasteiger partial charge in [-0.2, -0.15) is 0 Å². The molecule has 1 saturated heterocycles. The molecule has 0 N–H and O–H groups in total. The van der Waals surface area contributed by atoms with Crippen molar-refractivity contribution < 1.29 is 9.72 Å². The van der Waals surface area contributed by atoms with E-state index < -0.39 is 4.92 Å². The summed E-state index contributed by atoms with van der Waals surface area (Å²) in [6, 6.07) is 6.29. The number of fused-ring (bicyclic) bond motifs is 2. The summed E-state index contributed by atoms with van der Waals surface area (Å²) in [5.41, 5.74) is 0.579. The molecule has 1 amide bonds. The summed E-state index contributed by atoms with van der Waals surface area (Å²) in [7, 11) is 0. The lowest BCUT2D eigenvalue weighted by Crippen LogP contribution is -2.35. The standard InChI is InChI=1S/C14H16N2O3/c17-14(11-4-6-12(7-5-11)16(18)19)15-9-10-2-1-3-13(15)8-10/h4-7,10,13H,1-3,8-9H2. The summed E-state index contributed by atoms with van der Waals surface area (Å²) in [6.07, 6.45) is 4.65. The van der Waals surface area contributed by atoms with E-state index in [1.165, 1.54) is 25.0 Å². The zero-order chi connectivity index (χ0) is 13.4. The Morgan fingerprint density at radius 2 is 2.00 bits per heavy atom. The first-order valence-corrected chi connectivity index (χ1v) is 6.70. The van der Waals surface area contributed by atoms with Crippen LogP contribution in [-0.4, -0.2) is 28.3 Å². The van der Waals surface area contributed by atoms with Gasteiger partial charge in [-0.05, 0) is 37.3 Å². The number of nitro benzene ring substituents is 1. The van der Waals surface area contributed by atoms with E-state index >= 15 is 0 Å². The van der Waals surface area contributed by atoms with Gasteiger partial charge in [-0.3, -0.25) is 14.9 Å². The number of carbonyl (C=O) groups excluding carboxylic acids is 1. The largest absolute Gasteiger partial charge is 0.335 e. The summed E-state index contributed by atoms with van der Waals surface area (Å²) in [5, 5.41) is 10.6. The van der Waals surface area contributed by atoms with Crippen molar-refractivity contribution in [3.8, 4) is 0 Å². The first-order valence-electron chi connectivity index (χ1n) is 6.70. The van der Waals surface area contributed by atoms with Crippen LogP contribution >= 0.6 is 0 Å². The van der Waals surface area contributed by atoms with Crippen LogP contribution < -0.4 is 0 Å². The molecule has 1 aliphatic carbocycles. The number of hydrogen-bond acceptors (Lipinski definition) is 3. The van der Waals surface area contributed by atoms with Gasteiger partial charge in [0, 0.05) is 30.3 Å². The molecule has 1 aromatic rings. The Labute approximate surface area is 111 Å². The lowest BCUT2D eigenvalue weighted by Gasteiger charge is -2.24. The molecule has 2 unspecified atom stereocenters. The van der Waals surface area contributed by atoms with Crippen LogP contribution in [0.2, 0.25) is 0 Å². The maximum absolute atomic E-state index is 12.4. The molecule has 2 aliphatic rings. The van der Waals surface area contributed by atoms with E-state index in [0.717, 1.165) is 19.4 Å². The topological polar surface area (TPSA) is 63.4 Å². The minimum atomic E-state index is -0.447. The molecule has 19 heavy (non-hydrogen) atoms. The molecule has 2 fully saturated rings. The average Bonchev–Trinajstić information content (AvgIpc) is 2.72. The second kappa shape index (κ2) is 4.64. The van der Waals surface area contributed by atoms with Crippen molar-refractivity contribution in [2.24, 2.45) is 5.92 Å². The maximum Gasteiger partial charge on any atom is 0.269 e. The number of likely N-dealkylation sites (tertiary alicyclic amines) is 1. The highest BCUT2D eigenvalue weighted by atomic mass is 16.6.